The van der Waals surface area contributed by atoms with E-state index < -0.39 is 0 Å². The first-order valence-electron chi connectivity index (χ1n) is 4.07. The van der Waals surface area contributed by atoms with Gasteiger partial charge in [-0.15, -0.1) is 12.3 Å². The minimum absolute atomic E-state index is 0.0742. The maximum atomic E-state index is 12.7. The van der Waals surface area contributed by atoms with Gasteiger partial charge in [0.1, 0.15) is 5.82 Å². The zero-order chi connectivity index (χ0) is 10.6. The monoisotopic (exact) mass is 254 g/mol. The van der Waals surface area contributed by atoms with Crippen molar-refractivity contribution in [2.24, 2.45) is 0 Å². The summed E-state index contributed by atoms with van der Waals surface area (Å²) in [7, 11) is 0. The molecule has 3 heteroatoms. The summed E-state index contributed by atoms with van der Waals surface area (Å²) in [6.07, 6.45) is 5.74. The first-order valence-corrected chi connectivity index (χ1v) is 4.86. The number of terminal acetylenes is 1. The Morgan fingerprint density at radius 1 is 1.57 bits per heavy atom. The molecule has 0 saturated carbocycles. The summed E-state index contributed by atoms with van der Waals surface area (Å²) in [5.74, 6) is 1.94. The molecule has 0 saturated heterocycles. The lowest BCUT2D eigenvalue weighted by Crippen LogP contribution is -1.99. The largest absolute Gasteiger partial charge is 0.294 e. The van der Waals surface area contributed by atoms with Crippen LogP contribution in [0.1, 0.15) is 23.2 Å². The second-order valence-electron chi connectivity index (χ2n) is 2.75. The number of carbonyl (C=O) groups excluding carboxylic acids is 1. The van der Waals surface area contributed by atoms with Crippen molar-refractivity contribution < 1.29 is 9.18 Å². The van der Waals surface area contributed by atoms with Crippen molar-refractivity contribution in [3.63, 3.8) is 0 Å². The highest BCUT2D eigenvalue weighted by Crippen LogP contribution is 2.19. The van der Waals surface area contributed by atoms with Gasteiger partial charge in [0.2, 0.25) is 0 Å². The molecule has 0 fully saturated rings. The molecule has 1 aromatic rings. The summed E-state index contributed by atoms with van der Waals surface area (Å²) < 4.78 is 13.2. The van der Waals surface area contributed by atoms with Gasteiger partial charge in [-0.25, -0.2) is 4.39 Å². The smallest absolute Gasteiger partial charge is 0.164 e. The number of Topliss-reactive ketones (excluding diaryl/α,β-unsaturated/α-hetero) is 1. The molecule has 72 valence electrons. The van der Waals surface area contributed by atoms with Gasteiger partial charge in [-0.2, -0.15) is 0 Å². The molecule has 1 nitrogen and oxygen atoms in total. The van der Waals surface area contributed by atoms with Crippen molar-refractivity contribution in [2.75, 3.05) is 0 Å². The molecule has 0 aromatic heterocycles. The maximum absolute atomic E-state index is 12.7. The molecule has 0 atom stereocenters. The van der Waals surface area contributed by atoms with Crippen LogP contribution in [-0.4, -0.2) is 5.78 Å². The van der Waals surface area contributed by atoms with Gasteiger partial charge in [0.05, 0.1) is 0 Å². The topological polar surface area (TPSA) is 17.1 Å². The van der Waals surface area contributed by atoms with Crippen LogP contribution in [0.4, 0.5) is 4.39 Å². The van der Waals surface area contributed by atoms with Crippen molar-refractivity contribution in [1.29, 1.82) is 0 Å². The second-order valence-corrected chi connectivity index (χ2v) is 3.61. The summed E-state index contributed by atoms with van der Waals surface area (Å²) in [5.41, 5.74) is 0.474. The fraction of sp³-hybridized carbons (Fsp3) is 0.182. The highest BCUT2D eigenvalue weighted by Gasteiger charge is 2.09. The van der Waals surface area contributed by atoms with Crippen LogP contribution < -0.4 is 0 Å². The van der Waals surface area contributed by atoms with Crippen LogP contribution in [-0.2, 0) is 0 Å². The number of halogens is 2. The van der Waals surface area contributed by atoms with Gasteiger partial charge in [0.25, 0.3) is 0 Å². The number of hydrogen-bond donors (Lipinski definition) is 0. The highest BCUT2D eigenvalue weighted by molar-refractivity contribution is 9.10. The summed E-state index contributed by atoms with van der Waals surface area (Å²) in [5, 5.41) is 0. The SMILES string of the molecule is C#CCCC(=O)c1ccc(F)cc1Br. The van der Waals surface area contributed by atoms with E-state index in [2.05, 4.69) is 21.9 Å². The van der Waals surface area contributed by atoms with Crippen molar-refractivity contribution >= 4 is 21.7 Å². The third-order valence-corrected chi connectivity index (χ3v) is 2.38. The van der Waals surface area contributed by atoms with Gasteiger partial charge in [-0.05, 0) is 34.1 Å². The number of benzene rings is 1. The fourth-order valence-electron chi connectivity index (χ4n) is 1.04. The molecule has 0 spiro atoms. The molecule has 0 unspecified atom stereocenters. The molecule has 0 radical (unpaired) electrons. The molecule has 1 aromatic carbocycles. The van der Waals surface area contributed by atoms with Crippen LogP contribution in [0, 0.1) is 18.2 Å². The number of carbonyl (C=O) groups is 1. The molecular weight excluding hydrogens is 247 g/mol. The Labute approximate surface area is 90.4 Å². The van der Waals surface area contributed by atoms with Gasteiger partial charge >= 0.3 is 0 Å². The Morgan fingerprint density at radius 3 is 2.86 bits per heavy atom. The van der Waals surface area contributed by atoms with Crippen molar-refractivity contribution in [2.45, 2.75) is 12.8 Å². The summed E-state index contributed by atoms with van der Waals surface area (Å²) in [6, 6.07) is 3.98. The van der Waals surface area contributed by atoms with Gasteiger partial charge in [-0.1, -0.05) is 0 Å². The van der Waals surface area contributed by atoms with E-state index in [0.29, 0.717) is 22.9 Å². The van der Waals surface area contributed by atoms with Crippen molar-refractivity contribution in [1.82, 2.24) is 0 Å². The van der Waals surface area contributed by atoms with E-state index in [1.807, 2.05) is 0 Å². The van der Waals surface area contributed by atoms with E-state index in [1.54, 1.807) is 0 Å². The standard InChI is InChI=1S/C11H8BrFO/c1-2-3-4-11(14)9-6-5-8(13)7-10(9)12/h1,5-7H,3-4H2. The third-order valence-electron chi connectivity index (χ3n) is 1.73. The summed E-state index contributed by atoms with van der Waals surface area (Å²) in [6.45, 7) is 0. The van der Waals surface area contributed by atoms with E-state index in [4.69, 9.17) is 6.42 Å². The van der Waals surface area contributed by atoms with Gasteiger partial charge < -0.3 is 0 Å². The van der Waals surface area contributed by atoms with E-state index in [0.717, 1.165) is 0 Å². The van der Waals surface area contributed by atoms with Crippen molar-refractivity contribution in [3.8, 4) is 12.3 Å². The zero-order valence-corrected chi connectivity index (χ0v) is 8.97. The average molecular weight is 255 g/mol. The van der Waals surface area contributed by atoms with Crippen molar-refractivity contribution in [3.05, 3.63) is 34.1 Å². The summed E-state index contributed by atoms with van der Waals surface area (Å²) >= 11 is 3.13. The minimum Gasteiger partial charge on any atom is -0.294 e. The van der Waals surface area contributed by atoms with Gasteiger partial charge in [-0.3, -0.25) is 4.79 Å². The van der Waals surface area contributed by atoms with Crippen LogP contribution in [0.2, 0.25) is 0 Å². The lowest BCUT2D eigenvalue weighted by Gasteiger charge is -2.01. The third kappa shape index (κ3) is 2.68. The molecule has 0 N–H and O–H groups in total. The van der Waals surface area contributed by atoms with Crippen LogP contribution >= 0.6 is 15.9 Å². The molecule has 1 rings (SSSR count). The molecule has 0 amide bonds. The van der Waals surface area contributed by atoms with E-state index in [1.165, 1.54) is 18.2 Å². The summed E-state index contributed by atoms with van der Waals surface area (Å²) in [4.78, 5) is 11.5. The van der Waals surface area contributed by atoms with Crippen LogP contribution in [0.25, 0.3) is 0 Å². The van der Waals surface area contributed by atoms with E-state index in [9.17, 15) is 9.18 Å². The maximum Gasteiger partial charge on any atom is 0.164 e. The Kier molecular flexibility index (Phi) is 3.84. The predicted octanol–water partition coefficient (Wildman–Crippen LogP) is 3.18. The fourth-order valence-corrected chi connectivity index (χ4v) is 1.61. The van der Waals surface area contributed by atoms with E-state index >= 15 is 0 Å². The molecule has 0 aliphatic carbocycles. The highest BCUT2D eigenvalue weighted by atomic mass is 79.9. The number of ketones is 1. The normalized spacial score (nSPS) is 9.50. The molecule has 0 heterocycles. The Bertz CT molecular complexity index is 393. The number of hydrogen-bond acceptors (Lipinski definition) is 1. The zero-order valence-electron chi connectivity index (χ0n) is 7.39. The molecule has 0 aliphatic rings. The molecular formula is C11H8BrFO. The van der Waals surface area contributed by atoms with Crippen LogP contribution in [0.15, 0.2) is 22.7 Å². The van der Waals surface area contributed by atoms with E-state index in [-0.39, 0.29) is 11.6 Å². The lowest BCUT2D eigenvalue weighted by molar-refractivity contribution is 0.0983. The van der Waals surface area contributed by atoms with Gasteiger partial charge in [0.15, 0.2) is 5.78 Å². The molecule has 0 bridgehead atoms. The lowest BCUT2D eigenvalue weighted by atomic mass is 10.1. The first kappa shape index (κ1) is 10.9. The first-order chi connectivity index (χ1) is 6.65. The predicted molar refractivity (Wildman–Crippen MR) is 56.5 cm³/mol. The van der Waals surface area contributed by atoms with Crippen LogP contribution in [0.3, 0.4) is 0 Å². The quantitative estimate of drug-likeness (QED) is 0.598. The number of rotatable bonds is 3. The Hall–Kier alpha value is -1.14. The second kappa shape index (κ2) is 4.92. The molecule has 0 aliphatic heterocycles. The average Bonchev–Trinajstić information content (AvgIpc) is 2.14. The Balaban J connectivity index is 2.86. The minimum atomic E-state index is -0.370. The van der Waals surface area contributed by atoms with Gasteiger partial charge in [0, 0.05) is 22.9 Å². The molecule has 14 heavy (non-hydrogen) atoms. The van der Waals surface area contributed by atoms with Crippen LogP contribution in [0.5, 0.6) is 0 Å². The Morgan fingerprint density at radius 2 is 2.29 bits per heavy atom.